The maximum absolute atomic E-state index is 11.3. The van der Waals surface area contributed by atoms with Crippen LogP contribution in [-0.4, -0.2) is 43.4 Å². The molecule has 0 bridgehead atoms. The van der Waals surface area contributed by atoms with E-state index in [0.717, 1.165) is 84.1 Å². The van der Waals surface area contributed by atoms with Gasteiger partial charge in [0.1, 0.15) is 5.76 Å². The van der Waals surface area contributed by atoms with Gasteiger partial charge in [-0.05, 0) is 49.1 Å². The van der Waals surface area contributed by atoms with Crippen LogP contribution in [0.1, 0.15) is 48.5 Å². The molecular weight excluding hydrogens is 509 g/mol. The summed E-state index contributed by atoms with van der Waals surface area (Å²) in [6, 6.07) is 11.8. The van der Waals surface area contributed by atoms with Crippen molar-refractivity contribution in [2.75, 3.05) is 24.6 Å². The molecule has 8 heteroatoms. The molecule has 37 heavy (non-hydrogen) atoms. The molecule has 2 heterocycles. The Labute approximate surface area is 228 Å². The number of benzene rings is 2. The maximum Gasteiger partial charge on any atom is 0.152 e. The number of ether oxygens (including phenoxy) is 1. The highest BCUT2D eigenvalue weighted by atomic mass is 35.5. The summed E-state index contributed by atoms with van der Waals surface area (Å²) >= 11 is 12.9. The lowest BCUT2D eigenvalue weighted by molar-refractivity contribution is 0.0483. The fourth-order valence-electron chi connectivity index (χ4n) is 4.93. The molecule has 1 saturated heterocycles. The molecule has 1 aromatic heterocycles. The van der Waals surface area contributed by atoms with Crippen molar-refractivity contribution < 1.29 is 14.4 Å². The number of anilines is 1. The number of oxime groups is 1. The summed E-state index contributed by atoms with van der Waals surface area (Å²) in [5, 5.41) is 5.90. The molecule has 0 saturated carbocycles. The lowest BCUT2D eigenvalue weighted by Gasteiger charge is -2.34. The van der Waals surface area contributed by atoms with Crippen LogP contribution in [-0.2, 0) is 23.0 Å². The monoisotopic (exact) mass is 541 g/mol. The number of aryl methyl sites for hydroxylation is 1. The Balaban J connectivity index is 1.43. The summed E-state index contributed by atoms with van der Waals surface area (Å²) in [6.07, 6.45) is 6.91. The van der Waals surface area contributed by atoms with Gasteiger partial charge in [-0.25, -0.2) is 0 Å². The number of aromatic nitrogens is 1. The number of hydrogen-bond acceptors (Lipinski definition) is 5. The Kier molecular flexibility index (Phi) is 9.30. The minimum Gasteiger partial charge on any atom is -0.374 e. The number of rotatable bonds is 11. The van der Waals surface area contributed by atoms with Crippen LogP contribution in [0.25, 0.3) is 10.9 Å². The van der Waals surface area contributed by atoms with Crippen LogP contribution in [0.15, 0.2) is 59.1 Å². The van der Waals surface area contributed by atoms with Gasteiger partial charge in [0, 0.05) is 78.1 Å². The molecule has 0 amide bonds. The van der Waals surface area contributed by atoms with E-state index < -0.39 is 0 Å². The Morgan fingerprint density at radius 1 is 1.19 bits per heavy atom. The molecule has 0 radical (unpaired) electrons. The molecule has 6 nitrogen and oxygen atoms in total. The van der Waals surface area contributed by atoms with E-state index >= 15 is 0 Å². The standard InChI is InChI=1S/C29H33Cl2N3O3/c1-4-6-29(37-32-2)20(15-25-26(30)7-5-8-27(25)31)19-36-23-11-13-34(14-12-23)22-9-10-24-21(18-35)17-33(3)28(24)16-22/h5,7-10,16-18,23H,2,4,6,11-15,19H2,1,3H3/b29-20+. The van der Waals surface area contributed by atoms with Gasteiger partial charge in [0.05, 0.1) is 18.2 Å². The first kappa shape index (κ1) is 27.2. The van der Waals surface area contributed by atoms with E-state index in [2.05, 4.69) is 35.8 Å². The van der Waals surface area contributed by atoms with E-state index in [4.69, 9.17) is 32.8 Å². The van der Waals surface area contributed by atoms with Crippen molar-refractivity contribution in [3.8, 4) is 0 Å². The van der Waals surface area contributed by atoms with Crippen molar-refractivity contribution in [1.82, 2.24) is 4.57 Å². The van der Waals surface area contributed by atoms with Crippen molar-refractivity contribution in [2.45, 2.75) is 45.1 Å². The summed E-state index contributed by atoms with van der Waals surface area (Å²) in [4.78, 5) is 19.3. The van der Waals surface area contributed by atoms with E-state index in [1.165, 1.54) is 0 Å². The Bertz CT molecular complexity index is 1270. The smallest absolute Gasteiger partial charge is 0.152 e. The number of aldehydes is 1. The number of nitrogens with zero attached hydrogens (tertiary/aromatic N) is 3. The maximum atomic E-state index is 11.3. The molecular formula is C29H33Cl2N3O3. The van der Waals surface area contributed by atoms with Gasteiger partial charge in [-0.3, -0.25) is 4.79 Å². The fourth-order valence-corrected chi connectivity index (χ4v) is 5.46. The van der Waals surface area contributed by atoms with Gasteiger partial charge in [0.25, 0.3) is 0 Å². The van der Waals surface area contributed by atoms with E-state index in [0.29, 0.717) is 23.1 Å². The minimum absolute atomic E-state index is 0.132. The highest BCUT2D eigenvalue weighted by Crippen LogP contribution is 2.31. The summed E-state index contributed by atoms with van der Waals surface area (Å²) in [5.74, 6) is 0.761. The number of carbonyl (C=O) groups is 1. The third kappa shape index (κ3) is 6.38. The molecule has 1 aliphatic heterocycles. The van der Waals surface area contributed by atoms with Crippen molar-refractivity contribution in [2.24, 2.45) is 12.2 Å². The average Bonchev–Trinajstić information content (AvgIpc) is 3.23. The van der Waals surface area contributed by atoms with Crippen molar-refractivity contribution >= 4 is 52.8 Å². The summed E-state index contributed by atoms with van der Waals surface area (Å²) < 4.78 is 8.41. The van der Waals surface area contributed by atoms with Crippen LogP contribution in [0, 0.1) is 0 Å². The topological polar surface area (TPSA) is 56.1 Å². The van der Waals surface area contributed by atoms with Gasteiger partial charge < -0.3 is 19.0 Å². The molecule has 3 aromatic rings. The zero-order valence-electron chi connectivity index (χ0n) is 21.4. The van der Waals surface area contributed by atoms with E-state index in [1.807, 2.05) is 42.1 Å². The molecule has 196 valence electrons. The predicted molar refractivity (Wildman–Crippen MR) is 152 cm³/mol. The lowest BCUT2D eigenvalue weighted by atomic mass is 10.0. The van der Waals surface area contributed by atoms with Gasteiger partial charge in [-0.1, -0.05) is 47.4 Å². The highest BCUT2D eigenvalue weighted by Gasteiger charge is 2.22. The number of fused-ring (bicyclic) bond motifs is 1. The molecule has 0 atom stereocenters. The van der Waals surface area contributed by atoms with Crippen LogP contribution in [0.5, 0.6) is 0 Å². The minimum atomic E-state index is 0.132. The molecule has 2 aromatic carbocycles. The fraction of sp³-hybridized carbons (Fsp3) is 0.379. The first-order valence-electron chi connectivity index (χ1n) is 12.6. The highest BCUT2D eigenvalue weighted by molar-refractivity contribution is 6.36. The number of hydrogen-bond donors (Lipinski definition) is 0. The van der Waals surface area contributed by atoms with Crippen LogP contribution in [0.2, 0.25) is 10.0 Å². The Morgan fingerprint density at radius 2 is 1.92 bits per heavy atom. The normalized spacial score (nSPS) is 15.1. The molecule has 0 unspecified atom stereocenters. The summed E-state index contributed by atoms with van der Waals surface area (Å²) in [6.45, 7) is 7.80. The lowest BCUT2D eigenvalue weighted by Crippen LogP contribution is -2.37. The van der Waals surface area contributed by atoms with Crippen LogP contribution in [0.3, 0.4) is 0 Å². The molecule has 1 fully saturated rings. The van der Waals surface area contributed by atoms with Crippen molar-refractivity contribution in [3.05, 3.63) is 75.1 Å². The second-order valence-corrected chi connectivity index (χ2v) is 10.2. The van der Waals surface area contributed by atoms with Crippen LogP contribution >= 0.6 is 23.2 Å². The van der Waals surface area contributed by atoms with Crippen molar-refractivity contribution in [1.29, 1.82) is 0 Å². The number of halogens is 2. The molecule has 0 spiro atoms. The average molecular weight is 543 g/mol. The largest absolute Gasteiger partial charge is 0.374 e. The SMILES string of the molecule is C=NO/C(CCC)=C(/COC1CCN(c2ccc3c(C=O)cn(C)c3c2)CC1)Cc1c(Cl)cccc1Cl. The third-order valence-electron chi connectivity index (χ3n) is 6.93. The van der Waals surface area contributed by atoms with Crippen LogP contribution < -0.4 is 4.90 Å². The number of allylic oxidation sites excluding steroid dienone is 1. The summed E-state index contributed by atoms with van der Waals surface area (Å²) in [7, 11) is 1.97. The van der Waals surface area contributed by atoms with Crippen LogP contribution in [0.4, 0.5) is 5.69 Å². The first-order chi connectivity index (χ1) is 17.9. The Morgan fingerprint density at radius 3 is 2.57 bits per heavy atom. The zero-order valence-corrected chi connectivity index (χ0v) is 22.9. The van der Waals surface area contributed by atoms with Gasteiger partial charge in [-0.2, -0.15) is 0 Å². The number of carbonyl (C=O) groups excluding carboxylic acids is 1. The number of piperidine rings is 1. The van der Waals surface area contributed by atoms with E-state index in [1.54, 1.807) is 0 Å². The second kappa shape index (κ2) is 12.6. The van der Waals surface area contributed by atoms with Gasteiger partial charge in [-0.15, -0.1) is 0 Å². The first-order valence-corrected chi connectivity index (χ1v) is 13.4. The molecule has 1 aliphatic rings. The van der Waals surface area contributed by atoms with Gasteiger partial charge in [0.15, 0.2) is 6.29 Å². The quantitative estimate of drug-likeness (QED) is 0.111. The van der Waals surface area contributed by atoms with E-state index in [-0.39, 0.29) is 6.10 Å². The van der Waals surface area contributed by atoms with Gasteiger partial charge in [0.2, 0.25) is 0 Å². The van der Waals surface area contributed by atoms with Crippen molar-refractivity contribution in [3.63, 3.8) is 0 Å². The molecule has 0 aliphatic carbocycles. The molecule has 4 rings (SSSR count). The summed E-state index contributed by atoms with van der Waals surface area (Å²) in [5.41, 5.74) is 4.77. The van der Waals surface area contributed by atoms with E-state index in [9.17, 15) is 4.79 Å². The van der Waals surface area contributed by atoms with Gasteiger partial charge >= 0.3 is 0 Å². The second-order valence-electron chi connectivity index (χ2n) is 9.39. The Hall–Kier alpha value is -2.80. The third-order valence-corrected chi connectivity index (χ3v) is 7.64. The predicted octanol–water partition coefficient (Wildman–Crippen LogP) is 7.21. The zero-order chi connectivity index (χ0) is 26.4. The molecule has 0 N–H and O–H groups in total.